The molecule has 1 aliphatic heterocycles. The van der Waals surface area contributed by atoms with Gasteiger partial charge in [-0.2, -0.15) is 0 Å². The van der Waals surface area contributed by atoms with Crippen molar-refractivity contribution >= 4 is 33.4 Å². The third-order valence-corrected chi connectivity index (χ3v) is 5.48. The topological polar surface area (TPSA) is 72.8 Å². The van der Waals surface area contributed by atoms with E-state index in [1.54, 1.807) is 0 Å². The number of nitrogens with one attached hydrogen (secondary N) is 1. The molecule has 0 unspecified atom stereocenters. The van der Waals surface area contributed by atoms with Gasteiger partial charge in [-0.1, -0.05) is 38.8 Å². The second-order valence-corrected chi connectivity index (χ2v) is 7.75. The summed E-state index contributed by atoms with van der Waals surface area (Å²) in [6.07, 6.45) is 9.97. The monoisotopic (exact) mass is 399 g/mol. The van der Waals surface area contributed by atoms with E-state index in [1.807, 2.05) is 36.7 Å². The van der Waals surface area contributed by atoms with Crippen LogP contribution in [0.5, 0.6) is 11.5 Å². The highest BCUT2D eigenvalue weighted by molar-refractivity contribution is 6.12. The molecular weight excluding hydrogens is 374 g/mol. The molecular formula is C24H25N5O. The number of fused-ring (bicyclic) bond motifs is 7. The van der Waals surface area contributed by atoms with E-state index in [2.05, 4.69) is 19.2 Å². The molecule has 6 heteroatoms. The van der Waals surface area contributed by atoms with E-state index < -0.39 is 0 Å². The average Bonchev–Trinajstić information content (AvgIpc) is 2.80. The van der Waals surface area contributed by atoms with Crippen LogP contribution in [0, 0.1) is 0 Å². The zero-order valence-electron chi connectivity index (χ0n) is 17.4. The molecule has 0 atom stereocenters. The summed E-state index contributed by atoms with van der Waals surface area (Å²) in [7, 11) is 0. The molecule has 0 saturated carbocycles. The maximum absolute atomic E-state index is 6.28. The van der Waals surface area contributed by atoms with E-state index in [0.717, 1.165) is 89.1 Å². The van der Waals surface area contributed by atoms with Gasteiger partial charge in [0.15, 0.2) is 11.5 Å². The second-order valence-electron chi connectivity index (χ2n) is 7.75. The number of hydrogen-bond donors (Lipinski definition) is 1. The van der Waals surface area contributed by atoms with Crippen LogP contribution in [0.15, 0.2) is 36.7 Å². The molecule has 0 saturated heterocycles. The summed E-state index contributed by atoms with van der Waals surface area (Å²) in [6, 6.07) is 7.89. The molecule has 0 aliphatic carbocycles. The van der Waals surface area contributed by atoms with Crippen molar-refractivity contribution in [1.29, 1.82) is 0 Å². The van der Waals surface area contributed by atoms with Crippen molar-refractivity contribution < 1.29 is 4.74 Å². The van der Waals surface area contributed by atoms with Gasteiger partial charge in [0.05, 0.1) is 17.1 Å². The Hall–Kier alpha value is -3.28. The fourth-order valence-electron chi connectivity index (χ4n) is 3.83. The van der Waals surface area contributed by atoms with Gasteiger partial charge in [0.25, 0.3) is 0 Å². The highest BCUT2D eigenvalue weighted by Gasteiger charge is 2.25. The van der Waals surface area contributed by atoms with E-state index >= 15 is 0 Å². The average molecular weight is 399 g/mol. The van der Waals surface area contributed by atoms with Gasteiger partial charge in [-0.15, -0.1) is 0 Å². The highest BCUT2D eigenvalue weighted by atomic mass is 16.5. The van der Waals surface area contributed by atoms with Crippen molar-refractivity contribution in [3.8, 4) is 11.5 Å². The Morgan fingerprint density at radius 1 is 0.800 bits per heavy atom. The van der Waals surface area contributed by atoms with E-state index in [9.17, 15) is 0 Å². The number of hydrogen-bond acceptors (Lipinski definition) is 6. The fourth-order valence-corrected chi connectivity index (χ4v) is 3.83. The number of benzene rings is 2. The predicted molar refractivity (Wildman–Crippen MR) is 120 cm³/mol. The number of aromatic nitrogens is 4. The summed E-state index contributed by atoms with van der Waals surface area (Å²) in [5, 5.41) is 3.49. The van der Waals surface area contributed by atoms with Crippen LogP contribution in [0.25, 0.3) is 22.1 Å². The third kappa shape index (κ3) is 3.22. The van der Waals surface area contributed by atoms with Gasteiger partial charge >= 0.3 is 0 Å². The Morgan fingerprint density at radius 3 is 2.13 bits per heavy atom. The molecule has 4 aromatic rings. The Morgan fingerprint density at radius 2 is 1.43 bits per heavy atom. The van der Waals surface area contributed by atoms with Crippen LogP contribution >= 0.6 is 0 Å². The number of para-hydroxylation sites is 2. The van der Waals surface area contributed by atoms with Crippen molar-refractivity contribution in [1.82, 2.24) is 19.9 Å². The minimum atomic E-state index is 0.668. The number of aryl methyl sites for hydroxylation is 2. The molecule has 0 fully saturated rings. The molecule has 2 aromatic carbocycles. The van der Waals surface area contributed by atoms with Crippen molar-refractivity contribution in [2.24, 2.45) is 0 Å². The van der Waals surface area contributed by atoms with Gasteiger partial charge in [0.1, 0.15) is 27.8 Å². The molecule has 0 radical (unpaired) electrons. The Balaban J connectivity index is 1.75. The molecule has 30 heavy (non-hydrogen) atoms. The maximum atomic E-state index is 6.28. The molecule has 1 N–H and O–H groups in total. The molecule has 6 nitrogen and oxygen atoms in total. The Bertz CT molecular complexity index is 1140. The number of ether oxygens (including phenoxy) is 1. The van der Waals surface area contributed by atoms with Crippen LogP contribution in [0.1, 0.15) is 50.9 Å². The minimum Gasteiger partial charge on any atom is -0.451 e. The smallest absolute Gasteiger partial charge is 0.181 e. The summed E-state index contributed by atoms with van der Waals surface area (Å²) < 4.78 is 6.28. The number of rotatable bonds is 6. The lowest BCUT2D eigenvalue weighted by molar-refractivity contribution is 0.486. The zero-order valence-corrected chi connectivity index (χ0v) is 17.4. The molecule has 0 bridgehead atoms. The lowest BCUT2D eigenvalue weighted by Gasteiger charge is -2.23. The molecule has 152 valence electrons. The number of unbranched alkanes of at least 4 members (excludes halogenated alkanes) is 2. The number of nitrogens with zero attached hydrogens (tertiary/aromatic N) is 4. The first kappa shape index (κ1) is 18.7. The van der Waals surface area contributed by atoms with Crippen LogP contribution in [-0.2, 0) is 12.8 Å². The zero-order chi connectivity index (χ0) is 20.5. The molecule has 2 aromatic heterocycles. The lowest BCUT2D eigenvalue weighted by atomic mass is 10.1. The summed E-state index contributed by atoms with van der Waals surface area (Å²) in [5.74, 6) is 1.44. The van der Waals surface area contributed by atoms with Crippen molar-refractivity contribution in [3.05, 3.63) is 48.0 Å². The first-order chi connectivity index (χ1) is 14.8. The number of anilines is 2. The summed E-state index contributed by atoms with van der Waals surface area (Å²) >= 11 is 0. The minimum absolute atomic E-state index is 0.668. The van der Waals surface area contributed by atoms with Crippen molar-refractivity contribution in [3.63, 3.8) is 0 Å². The van der Waals surface area contributed by atoms with E-state index in [4.69, 9.17) is 24.7 Å². The Kier molecular flexibility index (Phi) is 4.91. The SMILES string of the molecule is CCCCc1cnc2c3c(c4ncc(CCCC)nc4c2n1)Oc1ccccc1N3. The van der Waals surface area contributed by atoms with Crippen LogP contribution in [0.2, 0.25) is 0 Å². The van der Waals surface area contributed by atoms with Crippen molar-refractivity contribution in [2.75, 3.05) is 5.32 Å². The van der Waals surface area contributed by atoms with Gasteiger partial charge in [0.2, 0.25) is 0 Å². The van der Waals surface area contributed by atoms with Gasteiger partial charge in [-0.3, -0.25) is 4.98 Å². The standard InChI is InChI=1S/C24H25N5O/c1-3-5-9-15-13-25-19-20(27-15)21-22(26-14-16(28-21)10-6-4-2)24-23(19)29-17-11-7-8-12-18(17)30-24/h7-8,11-14,29H,3-6,9-10H2,1-2H3. The van der Waals surface area contributed by atoms with Gasteiger partial charge < -0.3 is 10.1 Å². The van der Waals surface area contributed by atoms with E-state index in [1.165, 1.54) is 0 Å². The third-order valence-electron chi connectivity index (χ3n) is 5.48. The molecule has 3 heterocycles. The van der Waals surface area contributed by atoms with E-state index in [-0.39, 0.29) is 0 Å². The quantitative estimate of drug-likeness (QED) is 0.347. The van der Waals surface area contributed by atoms with Crippen LogP contribution in [0.4, 0.5) is 11.4 Å². The van der Waals surface area contributed by atoms with Gasteiger partial charge in [-0.05, 0) is 37.8 Å². The molecule has 1 aliphatic rings. The van der Waals surface area contributed by atoms with Crippen LogP contribution in [0.3, 0.4) is 0 Å². The van der Waals surface area contributed by atoms with Crippen molar-refractivity contribution in [2.45, 2.75) is 52.4 Å². The molecule has 0 spiro atoms. The fraction of sp³-hybridized carbons (Fsp3) is 0.333. The van der Waals surface area contributed by atoms with Gasteiger partial charge in [0, 0.05) is 12.4 Å². The second kappa shape index (κ2) is 7.86. The normalized spacial score (nSPS) is 12.3. The molecule has 0 amide bonds. The van der Waals surface area contributed by atoms with Gasteiger partial charge in [-0.25, -0.2) is 15.0 Å². The largest absolute Gasteiger partial charge is 0.451 e. The first-order valence-electron chi connectivity index (χ1n) is 10.8. The first-order valence-corrected chi connectivity index (χ1v) is 10.8. The highest BCUT2D eigenvalue weighted by Crippen LogP contribution is 2.48. The summed E-state index contributed by atoms with van der Waals surface area (Å²) in [6.45, 7) is 4.37. The summed E-state index contributed by atoms with van der Waals surface area (Å²) in [5.41, 5.74) is 6.74. The van der Waals surface area contributed by atoms with Crippen LogP contribution in [-0.4, -0.2) is 19.9 Å². The maximum Gasteiger partial charge on any atom is 0.181 e. The lowest BCUT2D eigenvalue weighted by Crippen LogP contribution is -2.08. The Labute approximate surface area is 175 Å². The van der Waals surface area contributed by atoms with Crippen LogP contribution < -0.4 is 10.1 Å². The predicted octanol–water partition coefficient (Wildman–Crippen LogP) is 6.11. The summed E-state index contributed by atoms with van der Waals surface area (Å²) in [4.78, 5) is 19.5. The molecule has 5 rings (SSSR count). The van der Waals surface area contributed by atoms with E-state index in [0.29, 0.717) is 5.75 Å².